The average molecular weight is 230 g/mol. The summed E-state index contributed by atoms with van der Waals surface area (Å²) < 4.78 is 20.5. The fourth-order valence-corrected chi connectivity index (χ4v) is 2.76. The molecule has 0 saturated heterocycles. The van der Waals surface area contributed by atoms with E-state index in [4.69, 9.17) is 0 Å². The van der Waals surface area contributed by atoms with Gasteiger partial charge in [0.25, 0.3) is 0 Å². The second-order valence-corrected chi connectivity index (χ2v) is 5.72. The molecule has 0 saturated carbocycles. The first-order valence-electron chi connectivity index (χ1n) is 3.50. The van der Waals surface area contributed by atoms with Crippen LogP contribution < -0.4 is 24.5 Å². The van der Waals surface area contributed by atoms with Crippen molar-refractivity contribution in [3.63, 3.8) is 0 Å². The van der Waals surface area contributed by atoms with E-state index in [9.17, 15) is 28.7 Å². The van der Waals surface area contributed by atoms with Crippen LogP contribution in [0.25, 0.3) is 0 Å². The lowest BCUT2D eigenvalue weighted by Crippen LogP contribution is -3.12. The molecule has 0 aliphatic rings. The standard InChI is InChI=1S/C4H13NO6P2/c1-2-5(3-12(6,7)8)4-13(9,10)11/h2-4H2,1H3,(H2,6,7,8)(H2,9,10,11)/p-3. The lowest BCUT2D eigenvalue weighted by molar-refractivity contribution is -0.880. The van der Waals surface area contributed by atoms with Crippen LogP contribution in [-0.4, -0.2) is 19.1 Å². The fraction of sp³-hybridized carbons (Fsp3) is 1.00. The minimum atomic E-state index is -4.76. The molecule has 0 aromatic rings. The van der Waals surface area contributed by atoms with E-state index in [2.05, 4.69) is 0 Å². The Morgan fingerprint density at radius 2 is 1.31 bits per heavy atom. The minimum Gasteiger partial charge on any atom is -0.807 e. The van der Waals surface area contributed by atoms with E-state index in [1.165, 1.54) is 6.92 Å². The quantitative estimate of drug-likeness (QED) is 0.474. The van der Waals surface area contributed by atoms with Crippen LogP contribution in [0.5, 0.6) is 0 Å². The Morgan fingerprint density at radius 1 is 1.00 bits per heavy atom. The van der Waals surface area contributed by atoms with Gasteiger partial charge in [0.15, 0.2) is 0 Å². The van der Waals surface area contributed by atoms with E-state index >= 15 is 0 Å². The van der Waals surface area contributed by atoms with Crippen LogP contribution in [0.1, 0.15) is 6.92 Å². The Balaban J connectivity index is 4.22. The summed E-state index contributed by atoms with van der Waals surface area (Å²) in [5.41, 5.74) is 0. The van der Waals surface area contributed by atoms with Gasteiger partial charge in [-0.15, -0.1) is 0 Å². The van der Waals surface area contributed by atoms with E-state index in [1.807, 2.05) is 0 Å². The number of rotatable bonds is 5. The van der Waals surface area contributed by atoms with Crippen molar-refractivity contribution in [1.29, 1.82) is 0 Å². The summed E-state index contributed by atoms with van der Waals surface area (Å²) in [6, 6.07) is 0. The molecular weight excluding hydrogens is 220 g/mol. The highest BCUT2D eigenvalue weighted by Crippen LogP contribution is 2.21. The predicted octanol–water partition coefficient (Wildman–Crippen LogP) is -4.37. The monoisotopic (exact) mass is 230 g/mol. The zero-order valence-corrected chi connectivity index (χ0v) is 8.75. The van der Waals surface area contributed by atoms with Crippen molar-refractivity contribution >= 4 is 15.2 Å². The third kappa shape index (κ3) is 8.59. The molecule has 80 valence electrons. The van der Waals surface area contributed by atoms with Gasteiger partial charge in [0, 0.05) is 0 Å². The molecule has 0 amide bonds. The Hall–Kier alpha value is 0.260. The molecule has 9 heteroatoms. The molecule has 1 N–H and O–H groups in total. The predicted molar refractivity (Wildman–Crippen MR) is 36.5 cm³/mol. The summed E-state index contributed by atoms with van der Waals surface area (Å²) in [4.78, 5) is 40.9. The number of quaternary nitrogens is 1. The largest absolute Gasteiger partial charge is 0.807 e. The highest BCUT2D eigenvalue weighted by molar-refractivity contribution is 7.49. The van der Waals surface area contributed by atoms with Gasteiger partial charge in [-0.3, -0.25) is 0 Å². The van der Waals surface area contributed by atoms with E-state index in [0.29, 0.717) is 0 Å². The Morgan fingerprint density at radius 3 is 1.46 bits per heavy atom. The highest BCUT2D eigenvalue weighted by Gasteiger charge is 2.09. The maximum absolute atomic E-state index is 10.2. The van der Waals surface area contributed by atoms with Gasteiger partial charge in [0.05, 0.1) is 6.54 Å². The molecular formula is C4H10NO6P2-3. The number of hydrogen-bond acceptors (Lipinski definition) is 6. The van der Waals surface area contributed by atoms with Gasteiger partial charge in [-0.2, -0.15) is 0 Å². The van der Waals surface area contributed by atoms with Crippen LogP contribution in [0.4, 0.5) is 0 Å². The van der Waals surface area contributed by atoms with Crippen molar-refractivity contribution in [3.8, 4) is 0 Å². The topological polar surface area (TPSA) is 131 Å². The molecule has 0 atom stereocenters. The van der Waals surface area contributed by atoms with Crippen LogP contribution >= 0.6 is 15.2 Å². The summed E-state index contributed by atoms with van der Waals surface area (Å²) in [5.74, 6) is 0. The van der Waals surface area contributed by atoms with E-state index in [1.54, 1.807) is 0 Å². The van der Waals surface area contributed by atoms with Crippen LogP contribution in [0.3, 0.4) is 0 Å². The van der Waals surface area contributed by atoms with E-state index in [-0.39, 0.29) is 11.4 Å². The molecule has 0 aliphatic heterocycles. The summed E-state index contributed by atoms with van der Waals surface area (Å²) in [6.07, 6.45) is -1.70. The first-order valence-corrected chi connectivity index (χ1v) is 6.95. The molecule has 13 heavy (non-hydrogen) atoms. The zero-order chi connectivity index (χ0) is 10.7. The zero-order valence-electron chi connectivity index (χ0n) is 6.97. The van der Waals surface area contributed by atoms with Crippen molar-refractivity contribution in [2.45, 2.75) is 6.92 Å². The maximum Gasteiger partial charge on any atom is 0.103 e. The lowest BCUT2D eigenvalue weighted by Gasteiger charge is -2.37. The van der Waals surface area contributed by atoms with Crippen molar-refractivity contribution in [1.82, 2.24) is 0 Å². The lowest BCUT2D eigenvalue weighted by atomic mass is 10.7. The third-order valence-electron chi connectivity index (χ3n) is 1.33. The molecule has 0 unspecified atom stereocenters. The molecule has 0 fully saturated rings. The summed E-state index contributed by atoms with van der Waals surface area (Å²) in [5, 5.41) is 0. The van der Waals surface area contributed by atoms with Gasteiger partial charge in [0.2, 0.25) is 0 Å². The fourth-order valence-electron chi connectivity index (χ4n) is 0.821. The molecule has 7 nitrogen and oxygen atoms in total. The smallest absolute Gasteiger partial charge is 0.103 e. The van der Waals surface area contributed by atoms with Gasteiger partial charge in [-0.25, -0.2) is 0 Å². The van der Waals surface area contributed by atoms with E-state index in [0.717, 1.165) is 0 Å². The van der Waals surface area contributed by atoms with Gasteiger partial charge in [-0.05, 0) is 22.1 Å². The second kappa shape index (κ2) is 4.66. The molecule has 0 aromatic carbocycles. The summed E-state index contributed by atoms with van der Waals surface area (Å²) >= 11 is 0. The number of nitrogens with one attached hydrogen (secondary N) is 1. The minimum absolute atomic E-state index is 0.0540. The molecule has 0 aliphatic carbocycles. The summed E-state index contributed by atoms with van der Waals surface area (Å²) in [6.45, 7) is 1.59. The molecule has 0 rings (SSSR count). The summed E-state index contributed by atoms with van der Waals surface area (Å²) in [7, 11) is -9.52. The molecule has 0 aromatic heterocycles. The van der Waals surface area contributed by atoms with Crippen molar-refractivity contribution in [2.24, 2.45) is 0 Å². The van der Waals surface area contributed by atoms with Crippen LogP contribution in [-0.2, 0) is 9.13 Å². The van der Waals surface area contributed by atoms with Gasteiger partial charge in [-0.1, -0.05) is 0 Å². The van der Waals surface area contributed by atoms with Crippen molar-refractivity contribution in [2.75, 3.05) is 19.1 Å². The Labute approximate surface area is 75.7 Å². The van der Waals surface area contributed by atoms with Gasteiger partial charge < -0.3 is 33.6 Å². The first-order chi connectivity index (χ1) is 5.64. The van der Waals surface area contributed by atoms with Crippen LogP contribution in [0.15, 0.2) is 0 Å². The number of hydrogen-bond donors (Lipinski definition) is 1. The van der Waals surface area contributed by atoms with Gasteiger partial charge >= 0.3 is 0 Å². The van der Waals surface area contributed by atoms with Gasteiger partial charge in [0.1, 0.15) is 12.6 Å². The molecule has 0 bridgehead atoms. The molecule has 0 spiro atoms. The maximum atomic E-state index is 10.2. The Kier molecular flexibility index (Phi) is 4.76. The average Bonchev–Trinajstić information content (AvgIpc) is 1.79. The Bertz CT molecular complexity index is 219. The van der Waals surface area contributed by atoms with Crippen LogP contribution in [0, 0.1) is 0 Å². The third-order valence-corrected chi connectivity index (χ3v) is 3.00. The van der Waals surface area contributed by atoms with Crippen molar-refractivity contribution in [3.05, 3.63) is 0 Å². The first kappa shape index (κ1) is 13.3. The molecule has 0 heterocycles. The normalized spacial score (nSPS) is 13.7. The van der Waals surface area contributed by atoms with E-state index < -0.39 is 27.8 Å². The highest BCUT2D eigenvalue weighted by atomic mass is 31.2. The van der Waals surface area contributed by atoms with Crippen LogP contribution in [0.2, 0.25) is 0 Å². The SMILES string of the molecule is CC[NH+](CP(=O)([O-])[O-])CP(=O)([O-])[O-]. The second-order valence-electron chi connectivity index (χ2n) is 2.64. The molecule has 0 radical (unpaired) electrons. The van der Waals surface area contributed by atoms with Crippen molar-refractivity contribution < 1.29 is 33.6 Å².